The summed E-state index contributed by atoms with van der Waals surface area (Å²) in [4.78, 5) is 1.33. The van der Waals surface area contributed by atoms with Crippen LogP contribution in [0.1, 0.15) is 44.0 Å². The van der Waals surface area contributed by atoms with Gasteiger partial charge in [0, 0.05) is 20.8 Å². The Morgan fingerprint density at radius 1 is 1.38 bits per heavy atom. The van der Waals surface area contributed by atoms with E-state index in [1.807, 2.05) is 0 Å². The molecule has 90 valence electrons. The lowest BCUT2D eigenvalue weighted by atomic mass is 9.73. The van der Waals surface area contributed by atoms with Gasteiger partial charge in [-0.3, -0.25) is 0 Å². The Morgan fingerprint density at radius 2 is 2.12 bits per heavy atom. The van der Waals surface area contributed by atoms with Gasteiger partial charge in [0.15, 0.2) is 0 Å². The summed E-state index contributed by atoms with van der Waals surface area (Å²) < 4.78 is 1.17. The third-order valence-corrected chi connectivity index (χ3v) is 5.86. The summed E-state index contributed by atoms with van der Waals surface area (Å²) >= 11 is 5.28. The first-order chi connectivity index (χ1) is 7.58. The summed E-state index contributed by atoms with van der Waals surface area (Å²) in [7, 11) is 0. The largest absolute Gasteiger partial charge is 0.323 e. The molecule has 4 unspecified atom stereocenters. The van der Waals surface area contributed by atoms with Crippen molar-refractivity contribution >= 4 is 27.3 Å². The maximum Gasteiger partial charge on any atom is 0.0418 e. The van der Waals surface area contributed by atoms with Crippen LogP contribution in [0.3, 0.4) is 0 Å². The van der Waals surface area contributed by atoms with Crippen molar-refractivity contribution < 1.29 is 0 Å². The molecule has 0 radical (unpaired) electrons. The lowest BCUT2D eigenvalue weighted by Crippen LogP contribution is -2.28. The Hall–Kier alpha value is 0.140. The van der Waals surface area contributed by atoms with Crippen molar-refractivity contribution in [1.82, 2.24) is 0 Å². The molecule has 16 heavy (non-hydrogen) atoms. The Kier molecular flexibility index (Phi) is 4.09. The van der Waals surface area contributed by atoms with E-state index in [1.165, 1.54) is 28.6 Å². The average Bonchev–Trinajstić information content (AvgIpc) is 2.68. The standard InChI is InChI=1S/C13H20BrNS/c1-8-3-4-10(5-9(8)2)13(15)12-6-11(14)7-16-12/h6-10,13H,3-5,15H2,1-2H3. The van der Waals surface area contributed by atoms with Crippen molar-refractivity contribution in [3.63, 3.8) is 0 Å². The molecule has 1 fully saturated rings. The minimum absolute atomic E-state index is 0.242. The molecule has 1 heterocycles. The lowest BCUT2D eigenvalue weighted by Gasteiger charge is -2.34. The molecule has 4 atom stereocenters. The Labute approximate surface area is 111 Å². The third kappa shape index (κ3) is 2.69. The number of hydrogen-bond acceptors (Lipinski definition) is 2. The molecule has 0 saturated heterocycles. The topological polar surface area (TPSA) is 26.0 Å². The zero-order chi connectivity index (χ0) is 11.7. The zero-order valence-corrected chi connectivity index (χ0v) is 12.4. The molecule has 0 bridgehead atoms. The summed E-state index contributed by atoms with van der Waals surface area (Å²) in [6.07, 6.45) is 3.92. The number of thiophene rings is 1. The van der Waals surface area contributed by atoms with E-state index in [4.69, 9.17) is 5.73 Å². The van der Waals surface area contributed by atoms with Crippen LogP contribution >= 0.6 is 27.3 Å². The predicted octanol–water partition coefficient (Wildman–Crippen LogP) is 4.58. The van der Waals surface area contributed by atoms with Crippen molar-refractivity contribution in [1.29, 1.82) is 0 Å². The molecule has 2 rings (SSSR count). The van der Waals surface area contributed by atoms with Gasteiger partial charge in [-0.2, -0.15) is 0 Å². The summed E-state index contributed by atoms with van der Waals surface area (Å²) in [5, 5.41) is 2.13. The SMILES string of the molecule is CC1CCC(C(N)c2cc(Br)cs2)CC1C. The van der Waals surface area contributed by atoms with Gasteiger partial charge in [0.2, 0.25) is 0 Å². The Bertz CT molecular complexity index is 349. The van der Waals surface area contributed by atoms with Crippen LogP contribution in [0.15, 0.2) is 15.9 Å². The second-order valence-electron chi connectivity index (χ2n) is 5.22. The van der Waals surface area contributed by atoms with E-state index in [2.05, 4.69) is 41.2 Å². The second-order valence-corrected chi connectivity index (χ2v) is 7.08. The zero-order valence-electron chi connectivity index (χ0n) is 9.95. The van der Waals surface area contributed by atoms with Crippen molar-refractivity contribution in [3.8, 4) is 0 Å². The predicted molar refractivity (Wildman–Crippen MR) is 74.6 cm³/mol. The van der Waals surface area contributed by atoms with Crippen LogP contribution in [-0.2, 0) is 0 Å². The molecule has 1 aliphatic carbocycles. The fraction of sp³-hybridized carbons (Fsp3) is 0.692. The minimum Gasteiger partial charge on any atom is -0.323 e. The van der Waals surface area contributed by atoms with Gasteiger partial charge in [0.25, 0.3) is 0 Å². The molecule has 0 aliphatic heterocycles. The Morgan fingerprint density at radius 3 is 2.69 bits per heavy atom. The number of hydrogen-bond donors (Lipinski definition) is 1. The molecule has 1 aliphatic rings. The molecule has 1 aromatic heterocycles. The highest BCUT2D eigenvalue weighted by Gasteiger charge is 2.29. The molecule has 1 aromatic rings. The van der Waals surface area contributed by atoms with Crippen LogP contribution in [0.2, 0.25) is 0 Å². The van der Waals surface area contributed by atoms with Gasteiger partial charge >= 0.3 is 0 Å². The third-order valence-electron chi connectivity index (χ3n) is 4.06. The highest BCUT2D eigenvalue weighted by molar-refractivity contribution is 9.10. The van der Waals surface area contributed by atoms with Crippen LogP contribution in [0.4, 0.5) is 0 Å². The molecular weight excluding hydrogens is 282 g/mol. The first kappa shape index (κ1) is 12.6. The highest BCUT2D eigenvalue weighted by atomic mass is 79.9. The van der Waals surface area contributed by atoms with Crippen LogP contribution in [0.25, 0.3) is 0 Å². The molecular formula is C13H20BrNS. The van der Waals surface area contributed by atoms with Gasteiger partial charge in [-0.1, -0.05) is 20.3 Å². The van der Waals surface area contributed by atoms with E-state index in [-0.39, 0.29) is 6.04 Å². The van der Waals surface area contributed by atoms with E-state index >= 15 is 0 Å². The Balaban J connectivity index is 2.02. The van der Waals surface area contributed by atoms with Crippen LogP contribution in [0.5, 0.6) is 0 Å². The minimum atomic E-state index is 0.242. The second kappa shape index (κ2) is 5.19. The fourth-order valence-electron chi connectivity index (χ4n) is 2.65. The maximum absolute atomic E-state index is 6.38. The number of rotatable bonds is 2. The molecule has 0 aromatic carbocycles. The van der Waals surface area contributed by atoms with Crippen molar-refractivity contribution in [2.45, 2.75) is 39.2 Å². The molecule has 3 heteroatoms. The lowest BCUT2D eigenvalue weighted by molar-refractivity contribution is 0.187. The fourth-order valence-corrected chi connectivity index (χ4v) is 4.19. The highest BCUT2D eigenvalue weighted by Crippen LogP contribution is 2.40. The smallest absolute Gasteiger partial charge is 0.0418 e. The molecule has 0 spiro atoms. The van der Waals surface area contributed by atoms with E-state index in [0.29, 0.717) is 5.92 Å². The summed E-state index contributed by atoms with van der Waals surface area (Å²) in [5.41, 5.74) is 6.38. The van der Waals surface area contributed by atoms with Crippen molar-refractivity contribution in [2.24, 2.45) is 23.5 Å². The van der Waals surface area contributed by atoms with Crippen molar-refractivity contribution in [2.75, 3.05) is 0 Å². The first-order valence-electron chi connectivity index (χ1n) is 6.07. The monoisotopic (exact) mass is 301 g/mol. The summed E-state index contributed by atoms with van der Waals surface area (Å²) in [6.45, 7) is 4.74. The van der Waals surface area contributed by atoms with Crippen molar-refractivity contribution in [3.05, 3.63) is 20.8 Å². The van der Waals surface area contributed by atoms with Gasteiger partial charge < -0.3 is 5.73 Å². The van der Waals surface area contributed by atoms with Gasteiger partial charge in [-0.25, -0.2) is 0 Å². The first-order valence-corrected chi connectivity index (χ1v) is 7.74. The quantitative estimate of drug-likeness (QED) is 0.850. The van der Waals surface area contributed by atoms with Crippen LogP contribution in [0, 0.1) is 17.8 Å². The average molecular weight is 302 g/mol. The van der Waals surface area contributed by atoms with Gasteiger partial charge in [-0.15, -0.1) is 11.3 Å². The summed E-state index contributed by atoms with van der Waals surface area (Å²) in [6, 6.07) is 2.42. The van der Waals surface area contributed by atoms with Crippen LogP contribution < -0.4 is 5.73 Å². The van der Waals surface area contributed by atoms with E-state index < -0.39 is 0 Å². The van der Waals surface area contributed by atoms with Crippen LogP contribution in [-0.4, -0.2) is 0 Å². The molecule has 1 nitrogen and oxygen atoms in total. The van der Waals surface area contributed by atoms with Gasteiger partial charge in [0.1, 0.15) is 0 Å². The molecule has 1 saturated carbocycles. The molecule has 2 N–H and O–H groups in total. The molecule has 0 amide bonds. The van der Waals surface area contributed by atoms with E-state index in [0.717, 1.165) is 11.8 Å². The van der Waals surface area contributed by atoms with Gasteiger partial charge in [0.05, 0.1) is 0 Å². The van der Waals surface area contributed by atoms with E-state index in [9.17, 15) is 0 Å². The number of halogens is 1. The van der Waals surface area contributed by atoms with Gasteiger partial charge in [-0.05, 0) is 52.6 Å². The maximum atomic E-state index is 6.38. The summed E-state index contributed by atoms with van der Waals surface area (Å²) in [5.74, 6) is 2.38. The number of nitrogens with two attached hydrogens (primary N) is 1. The normalized spacial score (nSPS) is 32.6. The van der Waals surface area contributed by atoms with E-state index in [1.54, 1.807) is 11.3 Å².